The average Bonchev–Trinajstić information content (AvgIpc) is 1.67. The Bertz CT molecular complexity index is 68.9. The molecular weight excluding hydrogens is 118 g/mol. The number of rotatable bonds is 2. The van der Waals surface area contributed by atoms with Crippen LogP contribution in [0.15, 0.2) is 0 Å². The first kappa shape index (κ1) is 8.31. The third-order valence-electron chi connectivity index (χ3n) is 1.83. The first-order chi connectivity index (χ1) is 3.50. The van der Waals surface area contributed by atoms with Gasteiger partial charge in [-0.25, -0.2) is 0 Å². The van der Waals surface area contributed by atoms with Crippen LogP contribution in [0.1, 0.15) is 13.8 Å². The highest BCUT2D eigenvalue weighted by Crippen LogP contribution is 2.07. The van der Waals surface area contributed by atoms with E-state index in [1.807, 2.05) is 0 Å². The molecule has 0 fully saturated rings. The quantitative estimate of drug-likeness (QED) is 0.329. The van der Waals surface area contributed by atoms with Crippen LogP contribution >= 0.6 is 12.6 Å². The van der Waals surface area contributed by atoms with Crippen molar-refractivity contribution in [1.82, 2.24) is 0 Å². The van der Waals surface area contributed by atoms with Crippen molar-refractivity contribution in [1.29, 1.82) is 0 Å². The lowest BCUT2D eigenvalue weighted by Gasteiger charge is -2.31. The molecule has 0 aromatic carbocycles. The Morgan fingerprint density at radius 1 is 1.50 bits per heavy atom. The van der Waals surface area contributed by atoms with E-state index in [1.54, 1.807) is 0 Å². The normalized spacial score (nSPS) is 16.1. The van der Waals surface area contributed by atoms with Crippen molar-refractivity contribution in [2.45, 2.75) is 19.2 Å². The first-order valence-electron chi connectivity index (χ1n) is 3.01. The Morgan fingerprint density at radius 3 is 1.88 bits per heavy atom. The van der Waals surface area contributed by atoms with E-state index in [0.717, 1.165) is 11.0 Å². The van der Waals surface area contributed by atoms with Gasteiger partial charge in [-0.1, -0.05) is 0 Å². The first-order valence-corrected chi connectivity index (χ1v) is 3.53. The Morgan fingerprint density at radius 2 is 1.88 bits per heavy atom. The lowest BCUT2D eigenvalue weighted by atomic mass is 10.5. The zero-order valence-corrected chi connectivity index (χ0v) is 7.07. The minimum absolute atomic E-state index is 0.444. The number of thiol groups is 1. The van der Waals surface area contributed by atoms with E-state index in [1.165, 1.54) is 0 Å². The summed E-state index contributed by atoms with van der Waals surface area (Å²) in [6.07, 6.45) is 0. The molecule has 0 N–H and O–H groups in total. The van der Waals surface area contributed by atoms with Gasteiger partial charge in [0, 0.05) is 0 Å². The largest absolute Gasteiger partial charge is 0.318 e. The van der Waals surface area contributed by atoms with Crippen LogP contribution in [-0.2, 0) is 0 Å². The van der Waals surface area contributed by atoms with Gasteiger partial charge in [0.1, 0.15) is 5.37 Å². The molecule has 0 spiro atoms. The van der Waals surface area contributed by atoms with Crippen molar-refractivity contribution in [2.75, 3.05) is 20.6 Å². The van der Waals surface area contributed by atoms with E-state index in [-0.39, 0.29) is 0 Å². The predicted molar refractivity (Wildman–Crippen MR) is 41.1 cm³/mol. The second kappa shape index (κ2) is 2.74. The Balaban J connectivity index is 3.71. The zero-order chi connectivity index (χ0) is 6.78. The van der Waals surface area contributed by atoms with Crippen LogP contribution in [0, 0.1) is 0 Å². The second-order valence-electron chi connectivity index (χ2n) is 2.73. The fraction of sp³-hybridized carbons (Fsp3) is 1.00. The van der Waals surface area contributed by atoms with Gasteiger partial charge in [0.15, 0.2) is 0 Å². The molecule has 8 heavy (non-hydrogen) atoms. The average molecular weight is 134 g/mol. The van der Waals surface area contributed by atoms with Gasteiger partial charge in [-0.15, -0.1) is 12.6 Å². The lowest BCUT2D eigenvalue weighted by Crippen LogP contribution is -2.43. The fourth-order valence-electron chi connectivity index (χ4n) is 0.264. The van der Waals surface area contributed by atoms with Crippen LogP contribution in [0.25, 0.3) is 0 Å². The number of quaternary nitrogens is 1. The molecular formula is C6H16NS+. The van der Waals surface area contributed by atoms with E-state index in [2.05, 4.69) is 40.6 Å². The maximum atomic E-state index is 4.33. The van der Waals surface area contributed by atoms with Crippen LogP contribution in [0.2, 0.25) is 0 Å². The van der Waals surface area contributed by atoms with Crippen LogP contribution in [0.3, 0.4) is 0 Å². The SMILES string of the molecule is CC[N+](C)(C)C(C)S. The minimum Gasteiger partial charge on any atom is -0.318 e. The van der Waals surface area contributed by atoms with E-state index in [0.29, 0.717) is 5.37 Å². The summed E-state index contributed by atoms with van der Waals surface area (Å²) in [5, 5.41) is 0.444. The van der Waals surface area contributed by atoms with Crippen molar-refractivity contribution in [3.05, 3.63) is 0 Å². The molecule has 0 aromatic heterocycles. The Labute approximate surface area is 57.7 Å². The maximum Gasteiger partial charge on any atom is 0.129 e. The monoisotopic (exact) mass is 134 g/mol. The predicted octanol–water partition coefficient (Wildman–Crippen LogP) is 1.36. The molecule has 1 unspecified atom stereocenters. The summed E-state index contributed by atoms with van der Waals surface area (Å²) >= 11 is 4.33. The molecule has 0 aliphatic carbocycles. The highest BCUT2D eigenvalue weighted by Gasteiger charge is 2.16. The summed E-state index contributed by atoms with van der Waals surface area (Å²) in [5.74, 6) is 0. The standard InChI is InChI=1S/C6H15NS/c1-5-7(3,4)6(2)8/h6H,5H2,1-4H3/p+1. The van der Waals surface area contributed by atoms with Gasteiger partial charge < -0.3 is 4.48 Å². The summed E-state index contributed by atoms with van der Waals surface area (Å²) in [6.45, 7) is 5.43. The van der Waals surface area contributed by atoms with Gasteiger partial charge >= 0.3 is 0 Å². The van der Waals surface area contributed by atoms with Gasteiger partial charge in [0.05, 0.1) is 20.6 Å². The minimum atomic E-state index is 0.444. The molecule has 0 bridgehead atoms. The molecule has 2 heteroatoms. The van der Waals surface area contributed by atoms with Crippen LogP contribution in [0.4, 0.5) is 0 Å². The van der Waals surface area contributed by atoms with Crippen LogP contribution < -0.4 is 0 Å². The summed E-state index contributed by atoms with van der Waals surface area (Å²) < 4.78 is 0.989. The molecule has 0 heterocycles. The Hall–Kier alpha value is 0.310. The van der Waals surface area contributed by atoms with E-state index < -0.39 is 0 Å². The van der Waals surface area contributed by atoms with E-state index in [4.69, 9.17) is 0 Å². The van der Waals surface area contributed by atoms with Gasteiger partial charge in [-0.2, -0.15) is 0 Å². The summed E-state index contributed by atoms with van der Waals surface area (Å²) in [5.41, 5.74) is 0. The van der Waals surface area contributed by atoms with Gasteiger partial charge in [-0.05, 0) is 13.8 Å². The molecule has 1 nitrogen and oxygen atoms in total. The van der Waals surface area contributed by atoms with Crippen molar-refractivity contribution in [3.63, 3.8) is 0 Å². The number of hydrogen-bond donors (Lipinski definition) is 1. The number of hydrogen-bond acceptors (Lipinski definition) is 1. The molecule has 50 valence electrons. The van der Waals surface area contributed by atoms with Crippen LogP contribution in [0.5, 0.6) is 0 Å². The fourth-order valence-corrected chi connectivity index (χ4v) is 0.428. The van der Waals surface area contributed by atoms with Gasteiger partial charge in [0.2, 0.25) is 0 Å². The molecule has 0 amide bonds. The van der Waals surface area contributed by atoms with Gasteiger partial charge in [-0.3, -0.25) is 0 Å². The molecule has 0 aromatic rings. The molecule has 1 atom stereocenters. The van der Waals surface area contributed by atoms with Crippen molar-refractivity contribution >= 4 is 12.6 Å². The summed E-state index contributed by atoms with van der Waals surface area (Å²) in [7, 11) is 4.36. The van der Waals surface area contributed by atoms with Crippen molar-refractivity contribution in [3.8, 4) is 0 Å². The van der Waals surface area contributed by atoms with Gasteiger partial charge in [0.25, 0.3) is 0 Å². The second-order valence-corrected chi connectivity index (χ2v) is 3.47. The van der Waals surface area contributed by atoms with Crippen LogP contribution in [-0.4, -0.2) is 30.5 Å². The van der Waals surface area contributed by atoms with Crippen molar-refractivity contribution < 1.29 is 4.48 Å². The van der Waals surface area contributed by atoms with E-state index >= 15 is 0 Å². The Kier molecular flexibility index (Phi) is 2.84. The highest BCUT2D eigenvalue weighted by atomic mass is 32.1. The third-order valence-corrected chi connectivity index (χ3v) is 2.45. The molecule has 0 saturated carbocycles. The molecule has 0 radical (unpaired) electrons. The highest BCUT2D eigenvalue weighted by molar-refractivity contribution is 7.80. The molecule has 0 aliphatic rings. The molecule has 0 saturated heterocycles. The maximum absolute atomic E-state index is 4.33. The lowest BCUT2D eigenvalue weighted by molar-refractivity contribution is -0.896. The smallest absolute Gasteiger partial charge is 0.129 e. The molecule has 0 rings (SSSR count). The third kappa shape index (κ3) is 2.05. The van der Waals surface area contributed by atoms with Crippen molar-refractivity contribution in [2.24, 2.45) is 0 Å². The zero-order valence-electron chi connectivity index (χ0n) is 6.18. The summed E-state index contributed by atoms with van der Waals surface area (Å²) in [4.78, 5) is 0. The topological polar surface area (TPSA) is 0 Å². The molecule has 0 aliphatic heterocycles. The van der Waals surface area contributed by atoms with E-state index in [9.17, 15) is 0 Å². The number of nitrogens with zero attached hydrogens (tertiary/aromatic N) is 1. The summed E-state index contributed by atoms with van der Waals surface area (Å²) in [6, 6.07) is 0.